The molecule has 3 nitrogen and oxygen atoms in total. The van der Waals surface area contributed by atoms with Crippen LogP contribution in [0.5, 0.6) is 0 Å². The summed E-state index contributed by atoms with van der Waals surface area (Å²) in [4.78, 5) is 10.7. The summed E-state index contributed by atoms with van der Waals surface area (Å²) in [6.07, 6.45) is 2.97. The van der Waals surface area contributed by atoms with Crippen molar-refractivity contribution < 1.29 is 9.90 Å². The smallest absolute Gasteiger partial charge is 0.306 e. The van der Waals surface area contributed by atoms with Crippen LogP contribution in [0.3, 0.4) is 0 Å². The van der Waals surface area contributed by atoms with Gasteiger partial charge in [-0.3, -0.25) is 4.79 Å². The van der Waals surface area contributed by atoms with Crippen molar-refractivity contribution in [2.24, 2.45) is 23.5 Å². The molecule has 11 heavy (non-hydrogen) atoms. The second-order valence-electron chi connectivity index (χ2n) is 3.85. The third kappa shape index (κ3) is 0.948. The zero-order valence-electron chi connectivity index (χ0n) is 6.36. The minimum Gasteiger partial charge on any atom is -0.481 e. The Morgan fingerprint density at radius 3 is 2.45 bits per heavy atom. The van der Waals surface area contributed by atoms with E-state index in [0.717, 1.165) is 19.3 Å². The molecule has 2 saturated carbocycles. The van der Waals surface area contributed by atoms with Crippen LogP contribution in [0.2, 0.25) is 0 Å². The van der Waals surface area contributed by atoms with Crippen molar-refractivity contribution in [2.45, 2.75) is 25.3 Å². The average Bonchev–Trinajstić information content (AvgIpc) is 2.43. The third-order valence-electron chi connectivity index (χ3n) is 3.18. The Hall–Kier alpha value is -0.570. The van der Waals surface area contributed by atoms with E-state index < -0.39 is 5.97 Å². The molecule has 0 saturated heterocycles. The molecule has 2 aliphatic carbocycles. The van der Waals surface area contributed by atoms with E-state index in [1.165, 1.54) is 0 Å². The molecule has 62 valence electrons. The molecular weight excluding hydrogens is 142 g/mol. The fraction of sp³-hybridized carbons (Fsp3) is 0.875. The minimum absolute atomic E-state index is 0.135. The highest BCUT2D eigenvalue weighted by Gasteiger charge is 2.47. The van der Waals surface area contributed by atoms with E-state index in [1.54, 1.807) is 0 Å². The molecular formula is C8H13NO2. The van der Waals surface area contributed by atoms with Gasteiger partial charge in [-0.2, -0.15) is 0 Å². The van der Waals surface area contributed by atoms with E-state index in [-0.39, 0.29) is 17.9 Å². The van der Waals surface area contributed by atoms with E-state index in [9.17, 15) is 4.79 Å². The largest absolute Gasteiger partial charge is 0.481 e. The van der Waals surface area contributed by atoms with Gasteiger partial charge in [0.15, 0.2) is 0 Å². The summed E-state index contributed by atoms with van der Waals surface area (Å²) in [7, 11) is 0. The molecule has 0 amide bonds. The van der Waals surface area contributed by atoms with Gasteiger partial charge in [0.05, 0.1) is 5.92 Å². The van der Waals surface area contributed by atoms with Gasteiger partial charge in [0, 0.05) is 6.04 Å². The van der Waals surface area contributed by atoms with E-state index in [0.29, 0.717) is 5.92 Å². The highest BCUT2D eigenvalue weighted by molar-refractivity contribution is 5.71. The SMILES string of the molecule is N[C@@H]1C[C@@H]2C[C@@H]1[C@@H](C(=O)O)C2. The van der Waals surface area contributed by atoms with E-state index in [4.69, 9.17) is 10.8 Å². The van der Waals surface area contributed by atoms with E-state index in [1.807, 2.05) is 0 Å². The molecule has 0 radical (unpaired) electrons. The lowest BCUT2D eigenvalue weighted by Gasteiger charge is -2.23. The number of nitrogens with two attached hydrogens (primary N) is 1. The molecule has 0 aliphatic heterocycles. The lowest BCUT2D eigenvalue weighted by molar-refractivity contribution is -0.143. The topological polar surface area (TPSA) is 63.3 Å². The summed E-state index contributed by atoms with van der Waals surface area (Å²) >= 11 is 0. The highest BCUT2D eigenvalue weighted by Crippen LogP contribution is 2.47. The van der Waals surface area contributed by atoms with Crippen LogP contribution in [-0.4, -0.2) is 17.1 Å². The number of carboxylic acid groups (broad SMARTS) is 1. The predicted octanol–water partition coefficient (Wildman–Crippen LogP) is 0.444. The number of carbonyl (C=O) groups is 1. The molecule has 0 aromatic carbocycles. The molecule has 2 bridgehead atoms. The molecule has 0 aromatic heterocycles. The number of fused-ring (bicyclic) bond motifs is 2. The highest BCUT2D eigenvalue weighted by atomic mass is 16.4. The molecule has 0 aromatic rings. The number of carboxylic acids is 1. The zero-order valence-corrected chi connectivity index (χ0v) is 6.36. The second-order valence-corrected chi connectivity index (χ2v) is 3.85. The first-order chi connectivity index (χ1) is 5.18. The van der Waals surface area contributed by atoms with Gasteiger partial charge in [-0.1, -0.05) is 0 Å². The van der Waals surface area contributed by atoms with Crippen LogP contribution < -0.4 is 5.73 Å². The Kier molecular flexibility index (Phi) is 1.42. The molecule has 2 rings (SSSR count). The van der Waals surface area contributed by atoms with Crippen molar-refractivity contribution >= 4 is 5.97 Å². The Bertz CT molecular complexity index is 193. The van der Waals surface area contributed by atoms with Crippen LogP contribution in [0, 0.1) is 17.8 Å². The van der Waals surface area contributed by atoms with Crippen molar-refractivity contribution in [3.8, 4) is 0 Å². The van der Waals surface area contributed by atoms with Gasteiger partial charge in [0.1, 0.15) is 0 Å². The van der Waals surface area contributed by atoms with Crippen LogP contribution in [0.15, 0.2) is 0 Å². The molecule has 0 unspecified atom stereocenters. The monoisotopic (exact) mass is 155 g/mol. The molecule has 2 aliphatic rings. The van der Waals surface area contributed by atoms with Gasteiger partial charge in [-0.15, -0.1) is 0 Å². The van der Waals surface area contributed by atoms with Gasteiger partial charge in [-0.05, 0) is 31.1 Å². The molecule has 3 heteroatoms. The lowest BCUT2D eigenvalue weighted by atomic mass is 9.86. The van der Waals surface area contributed by atoms with Crippen LogP contribution >= 0.6 is 0 Å². The van der Waals surface area contributed by atoms with Crippen molar-refractivity contribution in [2.75, 3.05) is 0 Å². The summed E-state index contributed by atoms with van der Waals surface area (Å²) < 4.78 is 0. The number of hydrogen-bond acceptors (Lipinski definition) is 2. The zero-order chi connectivity index (χ0) is 8.01. The van der Waals surface area contributed by atoms with Crippen molar-refractivity contribution in [1.29, 1.82) is 0 Å². The Morgan fingerprint density at radius 2 is 2.09 bits per heavy atom. The van der Waals surface area contributed by atoms with Gasteiger partial charge >= 0.3 is 5.97 Å². The van der Waals surface area contributed by atoms with Crippen LogP contribution in [0.1, 0.15) is 19.3 Å². The lowest BCUT2D eigenvalue weighted by Crippen LogP contribution is -2.35. The van der Waals surface area contributed by atoms with Gasteiger partial charge in [0.25, 0.3) is 0 Å². The van der Waals surface area contributed by atoms with Crippen molar-refractivity contribution in [1.82, 2.24) is 0 Å². The first-order valence-electron chi connectivity index (χ1n) is 4.17. The van der Waals surface area contributed by atoms with Gasteiger partial charge in [-0.25, -0.2) is 0 Å². The maximum absolute atomic E-state index is 10.7. The summed E-state index contributed by atoms with van der Waals surface area (Å²) in [6.45, 7) is 0. The maximum atomic E-state index is 10.7. The summed E-state index contributed by atoms with van der Waals surface area (Å²) in [5, 5.41) is 8.80. The standard InChI is InChI=1S/C8H13NO2/c9-7-3-4-1-5(7)6(2-4)8(10)11/h4-7H,1-3,9H2,(H,10,11)/t4-,5-,6+,7-/m1/s1. The van der Waals surface area contributed by atoms with Crippen LogP contribution in [-0.2, 0) is 4.79 Å². The maximum Gasteiger partial charge on any atom is 0.306 e. The molecule has 4 atom stereocenters. The fourth-order valence-electron chi connectivity index (χ4n) is 2.69. The number of rotatable bonds is 1. The van der Waals surface area contributed by atoms with Crippen LogP contribution in [0.4, 0.5) is 0 Å². The van der Waals surface area contributed by atoms with Crippen molar-refractivity contribution in [3.05, 3.63) is 0 Å². The van der Waals surface area contributed by atoms with Crippen molar-refractivity contribution in [3.63, 3.8) is 0 Å². The number of hydrogen-bond donors (Lipinski definition) is 2. The minimum atomic E-state index is -0.646. The Morgan fingerprint density at radius 1 is 1.36 bits per heavy atom. The van der Waals surface area contributed by atoms with Crippen LogP contribution in [0.25, 0.3) is 0 Å². The predicted molar refractivity (Wildman–Crippen MR) is 39.9 cm³/mol. The Labute approximate surface area is 65.6 Å². The second kappa shape index (κ2) is 2.21. The van der Waals surface area contributed by atoms with E-state index >= 15 is 0 Å². The molecule has 3 N–H and O–H groups in total. The average molecular weight is 155 g/mol. The van der Waals surface area contributed by atoms with Gasteiger partial charge in [0.2, 0.25) is 0 Å². The quantitative estimate of drug-likeness (QED) is 0.577. The van der Waals surface area contributed by atoms with E-state index in [2.05, 4.69) is 0 Å². The molecule has 2 fully saturated rings. The Balaban J connectivity index is 2.12. The summed E-state index contributed by atoms with van der Waals surface area (Å²) in [5.74, 6) is 0.102. The first kappa shape index (κ1) is 7.10. The number of aliphatic carboxylic acids is 1. The fourth-order valence-corrected chi connectivity index (χ4v) is 2.69. The molecule has 0 spiro atoms. The van der Waals surface area contributed by atoms with Gasteiger partial charge < -0.3 is 10.8 Å². The first-order valence-corrected chi connectivity index (χ1v) is 4.17. The molecule has 0 heterocycles. The third-order valence-corrected chi connectivity index (χ3v) is 3.18. The summed E-state index contributed by atoms with van der Waals surface area (Å²) in [6, 6.07) is 0.162. The summed E-state index contributed by atoms with van der Waals surface area (Å²) in [5.41, 5.74) is 5.78. The normalized spacial score (nSPS) is 48.1.